The van der Waals surface area contributed by atoms with Gasteiger partial charge in [-0.2, -0.15) is 5.10 Å². The van der Waals surface area contributed by atoms with E-state index in [1.165, 1.54) is 19.0 Å². The Morgan fingerprint density at radius 1 is 1.26 bits per heavy atom. The van der Waals surface area contributed by atoms with E-state index >= 15 is 0 Å². The van der Waals surface area contributed by atoms with Crippen LogP contribution in [0.25, 0.3) is 16.9 Å². The first-order chi connectivity index (χ1) is 11.2. The van der Waals surface area contributed by atoms with Gasteiger partial charge in [-0.05, 0) is 18.9 Å². The molecule has 4 rings (SSSR count). The molecule has 0 aliphatic heterocycles. The van der Waals surface area contributed by atoms with Crippen LogP contribution in [0.5, 0.6) is 0 Å². The number of anilines is 1. The Morgan fingerprint density at radius 2 is 2.09 bits per heavy atom. The van der Waals surface area contributed by atoms with Crippen LogP contribution in [0.1, 0.15) is 25.7 Å². The van der Waals surface area contributed by atoms with E-state index in [-0.39, 0.29) is 0 Å². The maximum atomic E-state index is 12.0. The number of nitrogens with one attached hydrogen (secondary N) is 3. The quantitative estimate of drug-likeness (QED) is 0.672. The normalized spacial score (nSPS) is 15.3. The van der Waals surface area contributed by atoms with Crippen molar-refractivity contribution in [3.05, 3.63) is 45.5 Å². The van der Waals surface area contributed by atoms with Crippen LogP contribution in [0, 0.1) is 0 Å². The van der Waals surface area contributed by atoms with Crippen molar-refractivity contribution >= 4 is 11.3 Å². The summed E-state index contributed by atoms with van der Waals surface area (Å²) in [6.45, 7) is 0. The Kier molecular flexibility index (Phi) is 3.22. The minimum absolute atomic E-state index is 0.315. The number of nitrogens with zero attached hydrogens (tertiary/aromatic N) is 3. The lowest BCUT2D eigenvalue weighted by atomic mass is 10.2. The molecule has 0 radical (unpaired) electrons. The summed E-state index contributed by atoms with van der Waals surface area (Å²) < 4.78 is 1.64. The molecule has 8 nitrogen and oxygen atoms in total. The van der Waals surface area contributed by atoms with E-state index in [0.29, 0.717) is 17.3 Å². The van der Waals surface area contributed by atoms with Gasteiger partial charge in [0.05, 0.1) is 11.3 Å². The molecule has 1 saturated carbocycles. The number of aromatic nitrogens is 5. The second-order valence-electron chi connectivity index (χ2n) is 5.75. The molecule has 0 aromatic carbocycles. The fourth-order valence-electron chi connectivity index (χ4n) is 3.04. The van der Waals surface area contributed by atoms with Crippen molar-refractivity contribution in [2.24, 2.45) is 0 Å². The molecule has 0 atom stereocenters. The van der Waals surface area contributed by atoms with Gasteiger partial charge in [0.2, 0.25) is 0 Å². The molecular weight excluding hydrogens is 296 g/mol. The molecule has 3 N–H and O–H groups in total. The molecule has 0 amide bonds. The maximum Gasteiger partial charge on any atom is 0.325 e. The second-order valence-corrected chi connectivity index (χ2v) is 5.75. The number of imidazole rings is 1. The largest absolute Gasteiger partial charge is 0.379 e. The summed E-state index contributed by atoms with van der Waals surface area (Å²) >= 11 is 0. The van der Waals surface area contributed by atoms with Gasteiger partial charge in [0.25, 0.3) is 5.56 Å². The van der Waals surface area contributed by atoms with E-state index in [4.69, 9.17) is 0 Å². The van der Waals surface area contributed by atoms with E-state index in [9.17, 15) is 9.59 Å². The fraction of sp³-hybridized carbons (Fsp3) is 0.333. The lowest BCUT2D eigenvalue weighted by molar-refractivity contribution is 0.754. The van der Waals surface area contributed by atoms with Crippen molar-refractivity contribution in [2.75, 3.05) is 5.32 Å². The third-order valence-electron chi connectivity index (χ3n) is 4.17. The van der Waals surface area contributed by atoms with Gasteiger partial charge in [0, 0.05) is 24.6 Å². The highest BCUT2D eigenvalue weighted by Gasteiger charge is 2.18. The van der Waals surface area contributed by atoms with Gasteiger partial charge in [0.1, 0.15) is 5.69 Å². The number of hydrogen-bond donors (Lipinski definition) is 3. The van der Waals surface area contributed by atoms with Gasteiger partial charge >= 0.3 is 5.69 Å². The Bertz CT molecular complexity index is 964. The Hall–Kier alpha value is -2.90. The van der Waals surface area contributed by atoms with E-state index in [0.717, 1.165) is 24.2 Å². The first-order valence-corrected chi connectivity index (χ1v) is 7.64. The maximum absolute atomic E-state index is 12.0. The van der Waals surface area contributed by atoms with Crippen LogP contribution in [-0.4, -0.2) is 30.6 Å². The average molecular weight is 312 g/mol. The molecule has 8 heteroatoms. The smallest absolute Gasteiger partial charge is 0.325 e. The van der Waals surface area contributed by atoms with Gasteiger partial charge in [0.15, 0.2) is 5.65 Å². The predicted molar refractivity (Wildman–Crippen MR) is 85.5 cm³/mol. The molecule has 0 unspecified atom stereocenters. The van der Waals surface area contributed by atoms with Crippen molar-refractivity contribution in [3.63, 3.8) is 0 Å². The van der Waals surface area contributed by atoms with Crippen molar-refractivity contribution < 1.29 is 0 Å². The molecule has 0 bridgehead atoms. The standard InChI is InChI=1S/C15H16N6O2/c22-14-10(8-17-15(23)19-14)11-7-12(18-9-3-1-2-4-9)13-16-5-6-21(13)20-11/h5-9,18H,1-4H2,(H2,17,19,22,23). The third-order valence-corrected chi connectivity index (χ3v) is 4.17. The molecule has 3 aromatic heterocycles. The van der Waals surface area contributed by atoms with Crippen LogP contribution in [0.15, 0.2) is 34.2 Å². The van der Waals surface area contributed by atoms with Crippen LogP contribution in [0.4, 0.5) is 5.69 Å². The van der Waals surface area contributed by atoms with E-state index < -0.39 is 11.2 Å². The molecule has 0 spiro atoms. The Morgan fingerprint density at radius 3 is 2.87 bits per heavy atom. The molecule has 118 valence electrons. The molecule has 23 heavy (non-hydrogen) atoms. The van der Waals surface area contributed by atoms with Gasteiger partial charge in [-0.1, -0.05) is 12.8 Å². The van der Waals surface area contributed by atoms with Crippen molar-refractivity contribution in [2.45, 2.75) is 31.7 Å². The van der Waals surface area contributed by atoms with Gasteiger partial charge in [-0.15, -0.1) is 0 Å². The lowest BCUT2D eigenvalue weighted by Crippen LogP contribution is -2.23. The van der Waals surface area contributed by atoms with Gasteiger partial charge < -0.3 is 10.3 Å². The molecule has 1 fully saturated rings. The Labute approximate surface area is 130 Å². The molecule has 1 aliphatic carbocycles. The summed E-state index contributed by atoms with van der Waals surface area (Å²) in [5, 5.41) is 7.91. The van der Waals surface area contributed by atoms with Crippen molar-refractivity contribution in [3.8, 4) is 11.3 Å². The minimum atomic E-state index is -0.535. The monoisotopic (exact) mass is 312 g/mol. The first kappa shape index (κ1) is 13.7. The zero-order valence-electron chi connectivity index (χ0n) is 12.4. The SMILES string of the molecule is O=c1[nH]cc(-c2cc(NC3CCCC3)c3nccn3n2)c(=O)[nH]1. The fourth-order valence-corrected chi connectivity index (χ4v) is 3.04. The highest BCUT2D eigenvalue weighted by Crippen LogP contribution is 2.26. The number of rotatable bonds is 3. The van der Waals surface area contributed by atoms with Gasteiger partial charge in [-0.3, -0.25) is 9.78 Å². The van der Waals surface area contributed by atoms with Crippen LogP contribution >= 0.6 is 0 Å². The summed E-state index contributed by atoms with van der Waals surface area (Å²) in [6, 6.07) is 2.23. The summed E-state index contributed by atoms with van der Waals surface area (Å²) in [4.78, 5) is 32.2. The number of aromatic amines is 2. The molecule has 3 aromatic rings. The highest BCUT2D eigenvalue weighted by atomic mass is 16.2. The number of hydrogen-bond acceptors (Lipinski definition) is 5. The molecule has 3 heterocycles. The van der Waals surface area contributed by atoms with E-state index in [2.05, 4.69) is 25.4 Å². The van der Waals surface area contributed by atoms with Crippen LogP contribution in [0.3, 0.4) is 0 Å². The minimum Gasteiger partial charge on any atom is -0.379 e. The number of fused-ring (bicyclic) bond motifs is 1. The molecule has 1 aliphatic rings. The third kappa shape index (κ3) is 2.52. The highest BCUT2D eigenvalue weighted by molar-refractivity contribution is 5.73. The summed E-state index contributed by atoms with van der Waals surface area (Å²) in [6.07, 6.45) is 9.49. The van der Waals surface area contributed by atoms with E-state index in [1.54, 1.807) is 16.9 Å². The summed E-state index contributed by atoms with van der Waals surface area (Å²) in [5.74, 6) is 0. The van der Waals surface area contributed by atoms with Gasteiger partial charge in [-0.25, -0.2) is 14.3 Å². The summed E-state index contributed by atoms with van der Waals surface area (Å²) in [7, 11) is 0. The molecular formula is C15H16N6O2. The lowest BCUT2D eigenvalue weighted by Gasteiger charge is -2.15. The molecule has 0 saturated heterocycles. The Balaban J connectivity index is 1.83. The van der Waals surface area contributed by atoms with Crippen molar-refractivity contribution in [1.82, 2.24) is 24.6 Å². The van der Waals surface area contributed by atoms with Crippen molar-refractivity contribution in [1.29, 1.82) is 0 Å². The second kappa shape index (κ2) is 5.38. The average Bonchev–Trinajstić information content (AvgIpc) is 3.18. The van der Waals surface area contributed by atoms with Crippen LogP contribution in [-0.2, 0) is 0 Å². The first-order valence-electron chi connectivity index (χ1n) is 7.64. The topological polar surface area (TPSA) is 108 Å². The zero-order chi connectivity index (χ0) is 15.8. The van der Waals surface area contributed by atoms with Crippen LogP contribution in [0.2, 0.25) is 0 Å². The predicted octanol–water partition coefficient (Wildman–Crippen LogP) is 1.13. The number of H-pyrrole nitrogens is 2. The summed E-state index contributed by atoms with van der Waals surface area (Å²) in [5.41, 5.74) is 1.36. The van der Waals surface area contributed by atoms with Crippen LogP contribution < -0.4 is 16.6 Å². The zero-order valence-corrected chi connectivity index (χ0v) is 12.4. The van der Waals surface area contributed by atoms with E-state index in [1.807, 2.05) is 6.07 Å².